The molecule has 0 amide bonds. The Morgan fingerprint density at radius 3 is 2.06 bits per heavy atom. The topological polar surface area (TPSA) is 74.7 Å². The Morgan fingerprint density at radius 2 is 1.50 bits per heavy atom. The van der Waals surface area contributed by atoms with Gasteiger partial charge in [-0.25, -0.2) is 9.59 Å². The lowest BCUT2D eigenvalue weighted by atomic mass is 9.92. The maximum atomic E-state index is 12.9. The number of halogens is 2. The third kappa shape index (κ3) is 5.69. The molecule has 3 aromatic rings. The second-order valence-corrected chi connectivity index (χ2v) is 8.24. The molecule has 178 valence electrons. The summed E-state index contributed by atoms with van der Waals surface area (Å²) in [5.74, 6) is -0.597. The maximum absolute atomic E-state index is 12.9. The van der Waals surface area contributed by atoms with E-state index in [1.54, 1.807) is 70.2 Å². The molecule has 34 heavy (non-hydrogen) atoms. The summed E-state index contributed by atoms with van der Waals surface area (Å²) in [6, 6.07) is 12.3. The molecule has 3 rings (SSSR count). The van der Waals surface area contributed by atoms with Gasteiger partial charge in [0, 0.05) is 21.2 Å². The average molecular weight is 502 g/mol. The van der Waals surface area contributed by atoms with Crippen LogP contribution in [0.3, 0.4) is 0 Å². The Labute approximate surface area is 208 Å². The van der Waals surface area contributed by atoms with Crippen molar-refractivity contribution in [2.75, 3.05) is 13.2 Å². The number of pyridine rings is 1. The summed E-state index contributed by atoms with van der Waals surface area (Å²) < 4.78 is 16.5. The molecule has 0 saturated heterocycles. The fraction of sp³-hybridized carbons (Fsp3) is 0.269. The van der Waals surface area contributed by atoms with Crippen LogP contribution in [0.4, 0.5) is 0 Å². The van der Waals surface area contributed by atoms with Gasteiger partial charge in [-0.3, -0.25) is 4.98 Å². The SMILES string of the molecule is CCOC(=O)c1c(C)nc(C)c(C(=O)OCC)c1-c1cccc(OCc2ccc(Cl)cc2Cl)c1. The van der Waals surface area contributed by atoms with E-state index in [2.05, 4.69) is 4.98 Å². The van der Waals surface area contributed by atoms with Crippen molar-refractivity contribution in [2.45, 2.75) is 34.3 Å². The summed E-state index contributed by atoms with van der Waals surface area (Å²) in [7, 11) is 0. The average Bonchev–Trinajstić information content (AvgIpc) is 2.78. The van der Waals surface area contributed by atoms with E-state index in [0.29, 0.717) is 38.3 Å². The number of nitrogens with zero attached hydrogens (tertiary/aromatic N) is 1. The summed E-state index contributed by atoms with van der Waals surface area (Å²) in [4.78, 5) is 30.2. The fourth-order valence-corrected chi connectivity index (χ4v) is 4.05. The molecule has 0 N–H and O–H groups in total. The van der Waals surface area contributed by atoms with Crippen LogP contribution in [0.1, 0.15) is 51.5 Å². The Kier molecular flexibility index (Phi) is 8.53. The third-order valence-corrected chi connectivity index (χ3v) is 5.64. The molecule has 0 aliphatic carbocycles. The molecule has 0 aliphatic rings. The van der Waals surface area contributed by atoms with Crippen LogP contribution in [0.15, 0.2) is 42.5 Å². The van der Waals surface area contributed by atoms with Gasteiger partial charge in [0.15, 0.2) is 0 Å². The predicted molar refractivity (Wildman–Crippen MR) is 132 cm³/mol. The van der Waals surface area contributed by atoms with Gasteiger partial charge >= 0.3 is 11.9 Å². The van der Waals surface area contributed by atoms with Gasteiger partial charge in [-0.15, -0.1) is 0 Å². The normalized spacial score (nSPS) is 10.6. The van der Waals surface area contributed by atoms with Crippen molar-refractivity contribution in [2.24, 2.45) is 0 Å². The van der Waals surface area contributed by atoms with Crippen LogP contribution in [-0.4, -0.2) is 30.1 Å². The summed E-state index contributed by atoms with van der Waals surface area (Å²) >= 11 is 12.2. The molecular formula is C26H25Cl2NO5. The van der Waals surface area contributed by atoms with Gasteiger partial charge in [0.25, 0.3) is 0 Å². The van der Waals surface area contributed by atoms with Crippen molar-refractivity contribution in [1.29, 1.82) is 0 Å². The van der Waals surface area contributed by atoms with Gasteiger partial charge in [0.05, 0.1) is 35.7 Å². The van der Waals surface area contributed by atoms with Gasteiger partial charge in [-0.2, -0.15) is 0 Å². The van der Waals surface area contributed by atoms with Crippen LogP contribution in [0.25, 0.3) is 11.1 Å². The van der Waals surface area contributed by atoms with Crippen molar-refractivity contribution < 1.29 is 23.8 Å². The second-order valence-electron chi connectivity index (χ2n) is 7.40. The van der Waals surface area contributed by atoms with E-state index >= 15 is 0 Å². The van der Waals surface area contributed by atoms with Crippen LogP contribution in [0.2, 0.25) is 10.0 Å². The zero-order chi connectivity index (χ0) is 24.8. The molecule has 0 bridgehead atoms. The van der Waals surface area contributed by atoms with E-state index < -0.39 is 11.9 Å². The molecule has 0 atom stereocenters. The molecule has 1 aromatic heterocycles. The first kappa shape index (κ1) is 25.5. The van der Waals surface area contributed by atoms with Crippen molar-refractivity contribution in [3.05, 3.63) is 80.6 Å². The van der Waals surface area contributed by atoms with Crippen molar-refractivity contribution >= 4 is 35.1 Å². The van der Waals surface area contributed by atoms with Crippen molar-refractivity contribution in [3.63, 3.8) is 0 Å². The van der Waals surface area contributed by atoms with Crippen LogP contribution in [-0.2, 0) is 16.1 Å². The van der Waals surface area contributed by atoms with E-state index in [9.17, 15) is 9.59 Å². The lowest BCUT2D eigenvalue weighted by Gasteiger charge is -2.18. The van der Waals surface area contributed by atoms with Crippen LogP contribution in [0, 0.1) is 13.8 Å². The highest BCUT2D eigenvalue weighted by atomic mass is 35.5. The zero-order valence-electron chi connectivity index (χ0n) is 19.4. The molecule has 6 nitrogen and oxygen atoms in total. The molecule has 0 unspecified atom stereocenters. The summed E-state index contributed by atoms with van der Waals surface area (Å²) in [5.41, 5.74) is 3.11. The smallest absolute Gasteiger partial charge is 0.340 e. The number of benzene rings is 2. The van der Waals surface area contributed by atoms with E-state index in [1.807, 2.05) is 0 Å². The molecule has 0 fully saturated rings. The maximum Gasteiger partial charge on any atom is 0.340 e. The lowest BCUT2D eigenvalue weighted by Crippen LogP contribution is -2.17. The van der Waals surface area contributed by atoms with E-state index in [1.165, 1.54) is 0 Å². The monoisotopic (exact) mass is 501 g/mol. The molecule has 0 aliphatic heterocycles. The molecule has 0 saturated carbocycles. The Hall–Kier alpha value is -3.09. The number of carbonyl (C=O) groups excluding carboxylic acids is 2. The highest BCUT2D eigenvalue weighted by Crippen LogP contribution is 2.34. The number of aromatic nitrogens is 1. The highest BCUT2D eigenvalue weighted by molar-refractivity contribution is 6.35. The number of carbonyl (C=O) groups is 2. The molecule has 2 aromatic carbocycles. The minimum atomic E-state index is -0.563. The number of ether oxygens (including phenoxy) is 3. The standard InChI is InChI=1S/C26H25Cl2NO5/c1-5-32-25(30)22-15(3)29-16(4)23(26(31)33-6-2)24(22)17-8-7-9-20(12-17)34-14-18-10-11-19(27)13-21(18)28/h7-13H,5-6,14H2,1-4H3. The summed E-state index contributed by atoms with van der Waals surface area (Å²) in [6.45, 7) is 7.44. The lowest BCUT2D eigenvalue weighted by molar-refractivity contribution is 0.0525. The van der Waals surface area contributed by atoms with Crippen LogP contribution >= 0.6 is 23.2 Å². The summed E-state index contributed by atoms with van der Waals surface area (Å²) in [6.07, 6.45) is 0. The fourth-order valence-electron chi connectivity index (χ4n) is 3.59. The van der Waals surface area contributed by atoms with Gasteiger partial charge in [-0.05, 0) is 57.5 Å². The minimum absolute atomic E-state index is 0.186. The number of aryl methyl sites for hydroxylation is 2. The minimum Gasteiger partial charge on any atom is -0.489 e. The van der Waals surface area contributed by atoms with Gasteiger partial charge < -0.3 is 14.2 Å². The van der Waals surface area contributed by atoms with Crippen molar-refractivity contribution in [1.82, 2.24) is 4.98 Å². The zero-order valence-corrected chi connectivity index (χ0v) is 20.9. The van der Waals surface area contributed by atoms with Crippen LogP contribution in [0.5, 0.6) is 5.75 Å². The van der Waals surface area contributed by atoms with E-state index in [0.717, 1.165) is 5.56 Å². The Morgan fingerprint density at radius 1 is 0.882 bits per heavy atom. The van der Waals surface area contributed by atoms with Crippen molar-refractivity contribution in [3.8, 4) is 16.9 Å². The van der Waals surface area contributed by atoms with E-state index in [-0.39, 0.29) is 30.9 Å². The van der Waals surface area contributed by atoms with Gasteiger partial charge in [-0.1, -0.05) is 41.4 Å². The second kappa shape index (κ2) is 11.4. The quantitative estimate of drug-likeness (QED) is 0.323. The van der Waals surface area contributed by atoms with Gasteiger partial charge in [0.2, 0.25) is 0 Å². The first-order valence-corrected chi connectivity index (χ1v) is 11.5. The number of hydrogen-bond donors (Lipinski definition) is 0. The molecule has 0 spiro atoms. The summed E-state index contributed by atoms with van der Waals surface area (Å²) in [5, 5.41) is 1.04. The highest BCUT2D eigenvalue weighted by Gasteiger charge is 2.28. The molecular weight excluding hydrogens is 477 g/mol. The predicted octanol–water partition coefficient (Wildman–Crippen LogP) is 6.60. The number of rotatable bonds is 8. The molecule has 8 heteroatoms. The number of esters is 2. The molecule has 1 heterocycles. The van der Waals surface area contributed by atoms with Gasteiger partial charge in [0.1, 0.15) is 12.4 Å². The number of hydrogen-bond acceptors (Lipinski definition) is 6. The molecule has 0 radical (unpaired) electrons. The largest absolute Gasteiger partial charge is 0.489 e. The van der Waals surface area contributed by atoms with E-state index in [4.69, 9.17) is 37.4 Å². The third-order valence-electron chi connectivity index (χ3n) is 5.05. The first-order chi connectivity index (χ1) is 16.3. The Bertz CT molecular complexity index is 1180. The van der Waals surface area contributed by atoms with Crippen LogP contribution < -0.4 is 4.74 Å². The first-order valence-electron chi connectivity index (χ1n) is 10.8. The Balaban J connectivity index is 2.10.